The summed E-state index contributed by atoms with van der Waals surface area (Å²) in [6, 6.07) is 10.1. The van der Waals surface area contributed by atoms with Gasteiger partial charge in [0.15, 0.2) is 5.17 Å². The van der Waals surface area contributed by atoms with Crippen molar-refractivity contribution in [2.75, 3.05) is 26.5 Å². The van der Waals surface area contributed by atoms with Gasteiger partial charge >= 0.3 is 17.1 Å². The Balaban J connectivity index is 0.00000578. The molecule has 1 aromatic heterocycles. The van der Waals surface area contributed by atoms with E-state index in [9.17, 15) is 0 Å². The molecule has 0 radical (unpaired) electrons. The van der Waals surface area contributed by atoms with Gasteiger partial charge < -0.3 is 21.9 Å². The zero-order valence-corrected chi connectivity index (χ0v) is 23.1. The van der Waals surface area contributed by atoms with Crippen LogP contribution in [0.4, 0.5) is 0 Å². The first-order chi connectivity index (χ1) is 15.9. The Morgan fingerprint density at radius 1 is 1.09 bits per heavy atom. The topological polar surface area (TPSA) is 87.7 Å². The van der Waals surface area contributed by atoms with Gasteiger partial charge in [-0.2, -0.15) is 10.2 Å². The van der Waals surface area contributed by atoms with Crippen LogP contribution in [0.15, 0.2) is 50.5 Å². The van der Waals surface area contributed by atoms with E-state index in [0.717, 1.165) is 33.4 Å². The summed E-state index contributed by atoms with van der Waals surface area (Å²) >= 11 is 6.76. The van der Waals surface area contributed by atoms with Crippen LogP contribution in [0, 0.1) is 6.92 Å². The summed E-state index contributed by atoms with van der Waals surface area (Å²) < 4.78 is 7.42. The van der Waals surface area contributed by atoms with Gasteiger partial charge in [0.2, 0.25) is 0 Å². The molecule has 34 heavy (non-hydrogen) atoms. The van der Waals surface area contributed by atoms with Crippen molar-refractivity contribution in [3.8, 4) is 17.0 Å². The number of thioether (sulfide) groups is 1. The molecule has 8 nitrogen and oxygen atoms in total. The Morgan fingerprint density at radius 3 is 2.29 bits per heavy atom. The number of aliphatic imine (C=N–C) groups is 2. The van der Waals surface area contributed by atoms with Crippen LogP contribution in [0.25, 0.3) is 11.3 Å². The van der Waals surface area contributed by atoms with Gasteiger partial charge in [-0.3, -0.25) is 20.8 Å². The van der Waals surface area contributed by atoms with Gasteiger partial charge in [-0.25, -0.2) is 0 Å². The van der Waals surface area contributed by atoms with E-state index >= 15 is 0 Å². The molecule has 0 atom stereocenters. The van der Waals surface area contributed by atoms with Crippen molar-refractivity contribution in [2.24, 2.45) is 27.2 Å². The van der Waals surface area contributed by atoms with Crippen molar-refractivity contribution in [2.45, 2.75) is 27.7 Å². The minimum absolute atomic E-state index is 0. The molecular weight excluding hydrogens is 518 g/mol. The number of methoxy groups -OCH3 is 1. The third kappa shape index (κ3) is 7.87. The summed E-state index contributed by atoms with van der Waals surface area (Å²) in [6.45, 7) is 9.13. The van der Waals surface area contributed by atoms with Crippen molar-refractivity contribution in [1.29, 1.82) is 0 Å². The fourth-order valence-corrected chi connectivity index (χ4v) is 3.64. The zero-order chi connectivity index (χ0) is 24.4. The number of aromatic nitrogens is 1. The molecule has 0 saturated carbocycles. The second-order valence-electron chi connectivity index (χ2n) is 6.96. The molecule has 1 heterocycles. The first-order valence-electron chi connectivity index (χ1n) is 10.6. The minimum Gasteiger partial charge on any atom is -0.741 e. The largest absolute Gasteiger partial charge is 1.00 e. The van der Waals surface area contributed by atoms with Crippen LogP contribution >= 0.6 is 11.8 Å². The van der Waals surface area contributed by atoms with Crippen LogP contribution in [0.3, 0.4) is 0 Å². The second kappa shape index (κ2) is 14.8. The van der Waals surface area contributed by atoms with Crippen LogP contribution in [0.1, 0.15) is 32.0 Å². The van der Waals surface area contributed by atoms with Crippen LogP contribution in [-0.4, -0.2) is 52.8 Å². The summed E-state index contributed by atoms with van der Waals surface area (Å²) in [5.41, 5.74) is 11.4. The van der Waals surface area contributed by atoms with Gasteiger partial charge in [0, 0.05) is 37.1 Å². The molecule has 0 saturated heterocycles. The van der Waals surface area contributed by atoms with Gasteiger partial charge in [-0.05, 0) is 75.0 Å². The maximum Gasteiger partial charge on any atom is 1.00 e. The maximum absolute atomic E-state index is 5.29. The predicted molar refractivity (Wildman–Crippen MR) is 145 cm³/mol. The van der Waals surface area contributed by atoms with E-state index in [-0.39, 0.29) is 17.1 Å². The van der Waals surface area contributed by atoms with E-state index in [0.29, 0.717) is 29.7 Å². The van der Waals surface area contributed by atoms with Crippen molar-refractivity contribution in [1.82, 2.24) is 15.4 Å². The maximum atomic E-state index is 5.29. The third-order valence-electron chi connectivity index (χ3n) is 4.90. The van der Waals surface area contributed by atoms with Gasteiger partial charge in [0.1, 0.15) is 11.5 Å². The molecule has 0 spiro atoms. The number of benzene rings is 1. The molecule has 1 aromatic carbocycles. The molecule has 0 aliphatic carbocycles. The molecule has 0 fully saturated rings. The van der Waals surface area contributed by atoms with Crippen LogP contribution < -0.4 is 15.6 Å². The number of nitrogens with one attached hydrogen (secondary N) is 2. The minimum atomic E-state index is 0. The summed E-state index contributed by atoms with van der Waals surface area (Å²) in [4.78, 5) is 8.58. The van der Waals surface area contributed by atoms with Crippen molar-refractivity contribution >= 4 is 46.1 Å². The molecule has 2 rings (SSSR count). The van der Waals surface area contributed by atoms with Crippen LogP contribution in [-0.2, 0) is 36.7 Å². The van der Waals surface area contributed by atoms with Crippen LogP contribution in [0.5, 0.6) is 5.75 Å². The van der Waals surface area contributed by atoms with E-state index < -0.39 is 0 Å². The summed E-state index contributed by atoms with van der Waals surface area (Å²) in [5.74, 6) is 0.817. The average Bonchev–Trinajstić information content (AvgIpc) is 3.11. The number of hydrazone groups is 2. The molecule has 0 aliphatic rings. The first kappa shape index (κ1) is 29.7. The average molecular weight is 550 g/mol. The molecule has 0 bridgehead atoms. The first-order valence-corrected chi connectivity index (χ1v) is 12.2. The quantitative estimate of drug-likeness (QED) is 0.171. The second-order valence-corrected chi connectivity index (χ2v) is 8.14. The standard InChI is InChI=1S/C23H33N7OS2.Cu/c1-8-24-22(32)28-27-21(15(3)26-29-23(33-7)25-9-2)19-14-20(30(5)16(19)4)17-10-12-18(31-6)13-11-17;/h10-14H,8-9H2,1-7H3,(H,25,29)(H2,24,28,32);/q;+1/p-1/b26-15+,27-21-;. The molecule has 188 valence electrons. The monoisotopic (exact) mass is 549 g/mol. The molecule has 2 aromatic rings. The number of nitrogens with zero attached hydrogens (tertiary/aromatic N) is 5. The SMILES string of the molecule is CCN=C([S-])N/N=C(/C(C)=N/NC(=NCC)SC)c1cc(-c2ccc(OC)cc2)n(C)c1C.[Cu+]. The Morgan fingerprint density at radius 2 is 1.74 bits per heavy atom. The number of ether oxygens (including phenoxy) is 1. The van der Waals surface area contributed by atoms with E-state index in [1.807, 2.05) is 58.3 Å². The Labute approximate surface area is 222 Å². The summed E-state index contributed by atoms with van der Waals surface area (Å²) in [6.07, 6.45) is 1.95. The number of rotatable bonds is 8. The Kier molecular flexibility index (Phi) is 13.0. The van der Waals surface area contributed by atoms with Crippen molar-refractivity contribution < 1.29 is 21.8 Å². The number of amidine groups is 2. The van der Waals surface area contributed by atoms with E-state index in [2.05, 4.69) is 48.6 Å². The number of hydrogen-bond acceptors (Lipinski definition) is 7. The van der Waals surface area contributed by atoms with E-state index in [1.54, 1.807) is 7.11 Å². The fraction of sp³-hybridized carbons (Fsp3) is 0.391. The zero-order valence-electron chi connectivity index (χ0n) is 20.6. The summed E-state index contributed by atoms with van der Waals surface area (Å²) in [7, 11) is 3.69. The van der Waals surface area contributed by atoms with E-state index in [4.69, 9.17) is 17.4 Å². The summed E-state index contributed by atoms with van der Waals surface area (Å²) in [5, 5.41) is 10.2. The predicted octanol–water partition coefficient (Wildman–Crippen LogP) is 3.93. The Bertz CT molecular complexity index is 1060. The normalized spacial score (nSPS) is 12.9. The van der Waals surface area contributed by atoms with E-state index in [1.165, 1.54) is 11.8 Å². The molecular formula is C23H32CuN7OS2. The molecule has 0 aliphatic heterocycles. The molecule has 0 unspecified atom stereocenters. The van der Waals surface area contributed by atoms with Crippen molar-refractivity contribution in [3.05, 3.63) is 41.6 Å². The van der Waals surface area contributed by atoms with Gasteiger partial charge in [0.05, 0.1) is 12.8 Å². The molecule has 11 heteroatoms. The van der Waals surface area contributed by atoms with Crippen LogP contribution in [0.2, 0.25) is 0 Å². The fourth-order valence-electron chi connectivity index (χ4n) is 3.07. The third-order valence-corrected chi connectivity index (χ3v) is 5.73. The van der Waals surface area contributed by atoms with Gasteiger partial charge in [-0.15, -0.1) is 0 Å². The van der Waals surface area contributed by atoms with Crippen molar-refractivity contribution in [3.63, 3.8) is 0 Å². The van der Waals surface area contributed by atoms with Gasteiger partial charge in [-0.1, -0.05) is 11.8 Å². The van der Waals surface area contributed by atoms with Gasteiger partial charge in [0.25, 0.3) is 0 Å². The number of hydrogen-bond donors (Lipinski definition) is 2. The Hall–Kier alpha value is -2.33. The molecule has 2 N–H and O–H groups in total. The smallest absolute Gasteiger partial charge is 0.741 e. The molecule has 0 amide bonds.